The number of rotatable bonds is 5. The first-order chi connectivity index (χ1) is 15.5. The summed E-state index contributed by atoms with van der Waals surface area (Å²) in [5, 5.41) is 0. The molecule has 3 aromatic rings. The van der Waals surface area contributed by atoms with Crippen molar-refractivity contribution in [3.05, 3.63) is 70.6 Å². The number of ether oxygens (including phenoxy) is 2. The van der Waals surface area contributed by atoms with Crippen LogP contribution in [0.2, 0.25) is 0 Å². The molecule has 2 heterocycles. The minimum Gasteiger partial charge on any atom is -0.496 e. The number of hydrogen-bond acceptors (Lipinski definition) is 5. The second kappa shape index (κ2) is 8.14. The number of oxazole rings is 1. The summed E-state index contributed by atoms with van der Waals surface area (Å²) >= 11 is 0. The molecule has 0 amide bonds. The van der Waals surface area contributed by atoms with Crippen LogP contribution in [0, 0.1) is 13.8 Å². The van der Waals surface area contributed by atoms with Gasteiger partial charge in [0.15, 0.2) is 0 Å². The zero-order chi connectivity index (χ0) is 22.3. The monoisotopic (exact) mass is 430 g/mol. The minimum absolute atomic E-state index is 0.200. The van der Waals surface area contributed by atoms with Crippen molar-refractivity contribution in [3.63, 3.8) is 0 Å². The zero-order valence-electron chi connectivity index (χ0n) is 19.3. The van der Waals surface area contributed by atoms with Crippen molar-refractivity contribution in [2.45, 2.75) is 38.6 Å². The maximum Gasteiger partial charge on any atom is 0.230 e. The molecule has 2 aromatic carbocycles. The number of methoxy groups -OCH3 is 2. The average Bonchev–Trinajstić information content (AvgIpc) is 3.36. The van der Waals surface area contributed by atoms with Gasteiger partial charge in [0.2, 0.25) is 5.89 Å². The van der Waals surface area contributed by atoms with Gasteiger partial charge in [-0.15, -0.1) is 0 Å². The molecule has 0 unspecified atom stereocenters. The number of benzene rings is 2. The van der Waals surface area contributed by atoms with Crippen molar-refractivity contribution >= 4 is 6.08 Å². The van der Waals surface area contributed by atoms with E-state index in [0.29, 0.717) is 5.89 Å². The summed E-state index contributed by atoms with van der Waals surface area (Å²) in [4.78, 5) is 7.35. The standard InChI is InChI=1S/C27H30N2O3/c1-18-24(30-3)10-9-21(25(18)31-4)26-28-23(19(2)32-26)17-29-15-13-27(14-16-29)12-11-20-7-5-6-8-22(20)27/h5-12H,13-17H2,1-4H3. The molecule has 5 rings (SSSR count). The smallest absolute Gasteiger partial charge is 0.230 e. The fourth-order valence-corrected chi connectivity index (χ4v) is 5.21. The van der Waals surface area contributed by atoms with Crippen LogP contribution in [0.1, 0.15) is 41.0 Å². The lowest BCUT2D eigenvalue weighted by molar-refractivity contribution is 0.175. The zero-order valence-corrected chi connectivity index (χ0v) is 19.3. The summed E-state index contributed by atoms with van der Waals surface area (Å²) in [7, 11) is 3.33. The number of allylic oxidation sites excluding steroid dienone is 1. The molecule has 2 aliphatic rings. The molecule has 0 bridgehead atoms. The van der Waals surface area contributed by atoms with Gasteiger partial charge in [-0.3, -0.25) is 4.90 Å². The van der Waals surface area contributed by atoms with Crippen molar-refractivity contribution in [1.29, 1.82) is 0 Å². The Morgan fingerprint density at radius 2 is 1.81 bits per heavy atom. The largest absolute Gasteiger partial charge is 0.496 e. The Morgan fingerprint density at radius 3 is 2.56 bits per heavy atom. The predicted octanol–water partition coefficient (Wildman–Crippen LogP) is 5.54. The first-order valence-corrected chi connectivity index (χ1v) is 11.2. The van der Waals surface area contributed by atoms with Crippen molar-refractivity contribution in [1.82, 2.24) is 9.88 Å². The molecule has 0 N–H and O–H groups in total. The fraction of sp³-hybridized carbons (Fsp3) is 0.370. The molecule has 32 heavy (non-hydrogen) atoms. The van der Waals surface area contributed by atoms with Crippen LogP contribution < -0.4 is 9.47 Å². The maximum atomic E-state index is 6.08. The van der Waals surface area contributed by atoms with Crippen LogP contribution in [0.4, 0.5) is 0 Å². The maximum absolute atomic E-state index is 6.08. The van der Waals surface area contributed by atoms with Gasteiger partial charge in [-0.2, -0.15) is 0 Å². The molecule has 166 valence electrons. The van der Waals surface area contributed by atoms with Gasteiger partial charge in [0.05, 0.1) is 25.5 Å². The van der Waals surface area contributed by atoms with Crippen molar-refractivity contribution in [3.8, 4) is 23.0 Å². The highest BCUT2D eigenvalue weighted by Gasteiger charge is 2.38. The third-order valence-electron chi connectivity index (χ3n) is 7.10. The SMILES string of the molecule is COc1ccc(-c2nc(CN3CCC4(C=Cc5ccccc54)CC3)c(C)o2)c(OC)c1C. The number of hydrogen-bond donors (Lipinski definition) is 0. The van der Waals surface area contributed by atoms with E-state index in [4.69, 9.17) is 18.9 Å². The van der Waals surface area contributed by atoms with Crippen LogP contribution in [0.25, 0.3) is 17.5 Å². The van der Waals surface area contributed by atoms with Crippen molar-refractivity contribution < 1.29 is 13.9 Å². The van der Waals surface area contributed by atoms with E-state index >= 15 is 0 Å². The Hall–Kier alpha value is -3.05. The van der Waals surface area contributed by atoms with Crippen LogP contribution in [-0.4, -0.2) is 37.2 Å². The van der Waals surface area contributed by atoms with Gasteiger partial charge < -0.3 is 13.9 Å². The van der Waals surface area contributed by atoms with E-state index in [-0.39, 0.29) is 5.41 Å². The van der Waals surface area contributed by atoms with Gasteiger partial charge in [-0.25, -0.2) is 4.98 Å². The molecule has 1 fully saturated rings. The van der Waals surface area contributed by atoms with Crippen LogP contribution in [-0.2, 0) is 12.0 Å². The molecule has 1 spiro atoms. The van der Waals surface area contributed by atoms with Crippen LogP contribution in [0.15, 0.2) is 46.9 Å². The number of likely N-dealkylation sites (tertiary alicyclic amines) is 1. The molecule has 1 aliphatic heterocycles. The average molecular weight is 431 g/mol. The minimum atomic E-state index is 0.200. The van der Waals surface area contributed by atoms with E-state index in [2.05, 4.69) is 41.3 Å². The van der Waals surface area contributed by atoms with Crippen LogP contribution >= 0.6 is 0 Å². The molecule has 0 saturated carbocycles. The number of aromatic nitrogens is 1. The first kappa shape index (κ1) is 20.8. The second-order valence-corrected chi connectivity index (χ2v) is 8.85. The predicted molar refractivity (Wildman–Crippen MR) is 126 cm³/mol. The first-order valence-electron chi connectivity index (χ1n) is 11.2. The van der Waals surface area contributed by atoms with Crippen LogP contribution in [0.3, 0.4) is 0 Å². The molecular formula is C27H30N2O3. The third kappa shape index (κ3) is 3.41. The lowest BCUT2D eigenvalue weighted by Crippen LogP contribution is -2.40. The van der Waals surface area contributed by atoms with E-state index in [0.717, 1.165) is 66.6 Å². The van der Waals surface area contributed by atoms with Gasteiger partial charge in [-0.05, 0) is 63.0 Å². The highest BCUT2D eigenvalue weighted by Crippen LogP contribution is 2.44. The molecular weight excluding hydrogens is 400 g/mol. The Bertz CT molecular complexity index is 1170. The molecule has 5 nitrogen and oxygen atoms in total. The number of piperidine rings is 1. The normalized spacial score (nSPS) is 17.0. The summed E-state index contributed by atoms with van der Waals surface area (Å²) in [6.07, 6.45) is 6.99. The lowest BCUT2D eigenvalue weighted by Gasteiger charge is -2.39. The Labute approximate surface area is 189 Å². The molecule has 0 atom stereocenters. The number of fused-ring (bicyclic) bond motifs is 2. The number of nitrogens with zero attached hydrogens (tertiary/aromatic N) is 2. The summed E-state index contributed by atoms with van der Waals surface area (Å²) < 4.78 is 17.2. The Kier molecular flexibility index (Phi) is 5.30. The van der Waals surface area contributed by atoms with Gasteiger partial charge in [0.25, 0.3) is 0 Å². The topological polar surface area (TPSA) is 47.7 Å². The summed E-state index contributed by atoms with van der Waals surface area (Å²) in [5.74, 6) is 2.99. The van der Waals surface area contributed by atoms with Gasteiger partial charge >= 0.3 is 0 Å². The quantitative estimate of drug-likeness (QED) is 0.532. The van der Waals surface area contributed by atoms with Gasteiger partial charge in [-0.1, -0.05) is 36.4 Å². The van der Waals surface area contributed by atoms with E-state index < -0.39 is 0 Å². The summed E-state index contributed by atoms with van der Waals surface area (Å²) in [6, 6.07) is 12.7. The summed E-state index contributed by atoms with van der Waals surface area (Å²) in [6.45, 7) is 6.87. The van der Waals surface area contributed by atoms with Gasteiger partial charge in [0.1, 0.15) is 17.3 Å². The van der Waals surface area contributed by atoms with E-state index in [9.17, 15) is 0 Å². The third-order valence-corrected chi connectivity index (χ3v) is 7.10. The fourth-order valence-electron chi connectivity index (χ4n) is 5.21. The number of aryl methyl sites for hydroxylation is 1. The van der Waals surface area contributed by atoms with E-state index in [1.165, 1.54) is 11.1 Å². The van der Waals surface area contributed by atoms with E-state index in [1.54, 1.807) is 14.2 Å². The lowest BCUT2D eigenvalue weighted by atomic mass is 9.74. The van der Waals surface area contributed by atoms with Crippen molar-refractivity contribution in [2.75, 3.05) is 27.3 Å². The highest BCUT2D eigenvalue weighted by atomic mass is 16.5. The van der Waals surface area contributed by atoms with E-state index in [1.807, 2.05) is 26.0 Å². The van der Waals surface area contributed by atoms with Crippen molar-refractivity contribution in [2.24, 2.45) is 0 Å². The Morgan fingerprint density at radius 1 is 1.03 bits per heavy atom. The highest BCUT2D eigenvalue weighted by molar-refractivity contribution is 5.68. The molecule has 0 radical (unpaired) electrons. The molecule has 1 saturated heterocycles. The molecule has 1 aromatic heterocycles. The molecule has 5 heteroatoms. The molecule has 1 aliphatic carbocycles. The van der Waals surface area contributed by atoms with Gasteiger partial charge in [0, 0.05) is 17.5 Å². The summed E-state index contributed by atoms with van der Waals surface area (Å²) in [5.41, 5.74) is 5.85. The van der Waals surface area contributed by atoms with Crippen LogP contribution in [0.5, 0.6) is 11.5 Å². The Balaban J connectivity index is 1.33. The second-order valence-electron chi connectivity index (χ2n) is 8.85.